The minimum atomic E-state index is -4.76. The van der Waals surface area contributed by atoms with Gasteiger partial charge in [-0.25, -0.2) is 9.18 Å². The third-order valence-corrected chi connectivity index (χ3v) is 6.77. The molecule has 1 aliphatic heterocycles. The molecular weight excluding hydrogens is 497 g/mol. The number of alkyl halides is 3. The highest BCUT2D eigenvalue weighted by atomic mass is 35.5. The molecule has 0 spiro atoms. The second-order valence-electron chi connectivity index (χ2n) is 8.41. The highest BCUT2D eigenvalue weighted by molar-refractivity contribution is 6.42. The Hall–Kier alpha value is -2.07. The molecule has 1 fully saturated rings. The maximum Gasteiger partial charge on any atom is 0.419 e. The summed E-state index contributed by atoms with van der Waals surface area (Å²) < 4.78 is 52.8. The summed E-state index contributed by atoms with van der Waals surface area (Å²) in [6.45, 7) is 0.876. The van der Waals surface area contributed by atoms with E-state index in [4.69, 9.17) is 28.3 Å². The topological polar surface area (TPSA) is 47.0 Å². The molecule has 0 radical (unpaired) electrons. The van der Waals surface area contributed by atoms with Crippen LogP contribution in [-0.2, 0) is 12.7 Å². The molecule has 0 aromatic heterocycles. The maximum absolute atomic E-state index is 14.1. The molecule has 0 unspecified atom stereocenters. The van der Waals surface area contributed by atoms with Crippen molar-refractivity contribution in [2.45, 2.75) is 24.7 Å². The van der Waals surface area contributed by atoms with Crippen LogP contribution in [0.15, 0.2) is 36.4 Å². The zero-order valence-corrected chi connectivity index (χ0v) is 20.1. The number of rotatable bonds is 6. The van der Waals surface area contributed by atoms with Gasteiger partial charge in [0.05, 0.1) is 22.2 Å². The van der Waals surface area contributed by atoms with E-state index < -0.39 is 17.6 Å². The van der Waals surface area contributed by atoms with Crippen molar-refractivity contribution in [1.29, 1.82) is 0 Å². The Bertz CT molecular complexity index is 1040. The lowest BCUT2D eigenvalue weighted by atomic mass is 9.93. The number of likely N-dealkylation sites (N-methyl/N-ethyl adjacent to an activating group) is 2. The van der Waals surface area contributed by atoms with Gasteiger partial charge in [-0.15, -0.1) is 0 Å². The molecule has 0 bridgehead atoms. The summed E-state index contributed by atoms with van der Waals surface area (Å²) in [6, 6.07) is 7.63. The van der Waals surface area contributed by atoms with Crippen molar-refractivity contribution in [3.05, 3.63) is 69.0 Å². The highest BCUT2D eigenvalue weighted by Gasteiger charge is 2.40. The predicted octanol–water partition coefficient (Wildman–Crippen LogP) is 5.10. The van der Waals surface area contributed by atoms with Gasteiger partial charge in [0, 0.05) is 45.2 Å². The average Bonchev–Trinajstić information content (AvgIpc) is 3.20. The van der Waals surface area contributed by atoms with Gasteiger partial charge in [-0.2, -0.15) is 13.2 Å². The molecule has 1 heterocycles. The Labute approximate surface area is 205 Å². The lowest BCUT2D eigenvalue weighted by Gasteiger charge is -2.29. The minimum Gasteiger partial charge on any atom is -0.395 e. The fraction of sp³-hybridized carbons (Fsp3) is 0.435. The van der Waals surface area contributed by atoms with Crippen LogP contribution in [0.25, 0.3) is 0 Å². The summed E-state index contributed by atoms with van der Waals surface area (Å²) in [5.41, 5.74) is -0.0785. The Balaban J connectivity index is 1.86. The van der Waals surface area contributed by atoms with Gasteiger partial charge in [0.15, 0.2) is 0 Å². The number of urea groups is 1. The molecule has 0 aliphatic carbocycles. The first kappa shape index (κ1) is 26.5. The van der Waals surface area contributed by atoms with Gasteiger partial charge in [-0.05, 0) is 42.4 Å². The number of hydrogen-bond donors (Lipinski definition) is 1. The molecule has 2 aromatic carbocycles. The van der Waals surface area contributed by atoms with E-state index in [1.807, 2.05) is 11.0 Å². The van der Waals surface area contributed by atoms with Crippen LogP contribution >= 0.6 is 23.2 Å². The maximum atomic E-state index is 14.1. The first-order chi connectivity index (χ1) is 15.9. The molecule has 2 aromatic rings. The number of nitrogens with zero attached hydrogens (tertiary/aromatic N) is 3. The first-order valence-electron chi connectivity index (χ1n) is 10.5. The second-order valence-corrected chi connectivity index (χ2v) is 9.22. The number of carbonyl (C=O) groups excluding carboxylic acids is 1. The molecular formula is C23H25Cl2F4N3O2. The number of carbonyl (C=O) groups is 1. The Kier molecular flexibility index (Phi) is 8.34. The third-order valence-electron chi connectivity index (χ3n) is 6.03. The first-order valence-corrected chi connectivity index (χ1v) is 11.3. The fourth-order valence-electron chi connectivity index (χ4n) is 4.24. The van der Waals surface area contributed by atoms with E-state index in [1.165, 1.54) is 11.0 Å². The van der Waals surface area contributed by atoms with Gasteiger partial charge in [-0.1, -0.05) is 35.3 Å². The number of hydrogen-bond acceptors (Lipinski definition) is 3. The van der Waals surface area contributed by atoms with E-state index in [0.29, 0.717) is 28.7 Å². The van der Waals surface area contributed by atoms with Gasteiger partial charge in [0.25, 0.3) is 0 Å². The SMILES string of the molecule is CN(CCO)C(=O)N1C[C@H](c2ccc(Cl)c(Cl)c2)[C@@H](N(C)Cc2ccc(C(F)(F)F)c(F)c2)C1. The Morgan fingerprint density at radius 1 is 1.12 bits per heavy atom. The van der Waals surface area contributed by atoms with Crippen molar-refractivity contribution in [2.75, 3.05) is 40.3 Å². The summed E-state index contributed by atoms with van der Waals surface area (Å²) in [5.74, 6) is -1.50. The third kappa shape index (κ3) is 5.94. The molecule has 34 heavy (non-hydrogen) atoms. The van der Waals surface area contributed by atoms with Gasteiger partial charge < -0.3 is 14.9 Å². The van der Waals surface area contributed by atoms with Crippen molar-refractivity contribution >= 4 is 29.2 Å². The fourth-order valence-corrected chi connectivity index (χ4v) is 4.55. The highest BCUT2D eigenvalue weighted by Crippen LogP contribution is 2.36. The van der Waals surface area contributed by atoms with Crippen molar-refractivity contribution in [3.63, 3.8) is 0 Å². The summed E-state index contributed by atoms with van der Waals surface area (Å²) in [6.07, 6.45) is -4.76. The molecule has 1 saturated heterocycles. The lowest BCUT2D eigenvalue weighted by Crippen LogP contribution is -2.43. The van der Waals surface area contributed by atoms with Gasteiger partial charge >= 0.3 is 12.2 Å². The van der Waals surface area contributed by atoms with Crippen LogP contribution in [0.5, 0.6) is 0 Å². The molecule has 2 atom stereocenters. The summed E-state index contributed by atoms with van der Waals surface area (Å²) in [7, 11) is 3.37. The van der Waals surface area contributed by atoms with Gasteiger partial charge in [0.2, 0.25) is 0 Å². The number of aliphatic hydroxyl groups excluding tert-OH is 1. The van der Waals surface area contributed by atoms with E-state index in [-0.39, 0.29) is 37.7 Å². The summed E-state index contributed by atoms with van der Waals surface area (Å²) >= 11 is 12.3. The molecule has 11 heteroatoms. The van der Waals surface area contributed by atoms with E-state index in [0.717, 1.165) is 17.7 Å². The standard InChI is InChI=1S/C23H25Cl2F4N3O2/c1-30(7-8-33)22(34)32-12-16(15-4-6-18(24)19(25)10-15)21(13-32)31(2)11-14-3-5-17(20(26)9-14)23(27,28)29/h3-6,9-10,16,21,33H,7-8,11-13H2,1-2H3/t16-,21+/m1/s1. The number of amides is 2. The number of halogens is 6. The van der Waals surface area contributed by atoms with Gasteiger partial charge in [-0.3, -0.25) is 4.90 Å². The van der Waals surface area contributed by atoms with Gasteiger partial charge in [0.1, 0.15) is 5.82 Å². The van der Waals surface area contributed by atoms with Crippen LogP contribution in [0.4, 0.5) is 22.4 Å². The van der Waals surface area contributed by atoms with Crippen LogP contribution in [0, 0.1) is 5.82 Å². The number of benzene rings is 2. The second kappa shape index (κ2) is 10.7. The average molecular weight is 522 g/mol. The Morgan fingerprint density at radius 2 is 1.82 bits per heavy atom. The molecule has 1 N–H and O–H groups in total. The van der Waals surface area contributed by atoms with E-state index in [1.54, 1.807) is 31.1 Å². The zero-order valence-electron chi connectivity index (χ0n) is 18.6. The van der Waals surface area contributed by atoms with Crippen LogP contribution in [0.2, 0.25) is 10.0 Å². The van der Waals surface area contributed by atoms with Crippen LogP contribution < -0.4 is 0 Å². The van der Waals surface area contributed by atoms with Crippen molar-refractivity contribution in [1.82, 2.24) is 14.7 Å². The van der Waals surface area contributed by atoms with Crippen molar-refractivity contribution in [2.24, 2.45) is 0 Å². The quantitative estimate of drug-likeness (QED) is 0.538. The summed E-state index contributed by atoms with van der Waals surface area (Å²) in [5, 5.41) is 9.92. The summed E-state index contributed by atoms with van der Waals surface area (Å²) in [4.78, 5) is 17.8. The monoisotopic (exact) mass is 521 g/mol. The van der Waals surface area contributed by atoms with E-state index in [2.05, 4.69) is 0 Å². The van der Waals surface area contributed by atoms with Crippen LogP contribution in [-0.4, -0.2) is 72.2 Å². The zero-order chi connectivity index (χ0) is 25.2. The molecule has 2 amide bonds. The predicted molar refractivity (Wildman–Crippen MR) is 123 cm³/mol. The molecule has 186 valence electrons. The Morgan fingerprint density at radius 3 is 2.41 bits per heavy atom. The molecule has 0 saturated carbocycles. The smallest absolute Gasteiger partial charge is 0.395 e. The number of likely N-dealkylation sites (tertiary alicyclic amines) is 1. The number of aliphatic hydroxyl groups is 1. The van der Waals surface area contributed by atoms with E-state index >= 15 is 0 Å². The minimum absolute atomic E-state index is 0.172. The van der Waals surface area contributed by atoms with Crippen molar-refractivity contribution in [3.8, 4) is 0 Å². The molecule has 5 nitrogen and oxygen atoms in total. The normalized spacial score (nSPS) is 18.6. The largest absolute Gasteiger partial charge is 0.419 e. The van der Waals surface area contributed by atoms with Crippen LogP contribution in [0.1, 0.15) is 22.6 Å². The van der Waals surface area contributed by atoms with Crippen molar-refractivity contribution < 1.29 is 27.5 Å². The lowest BCUT2D eigenvalue weighted by molar-refractivity contribution is -0.140. The van der Waals surface area contributed by atoms with Crippen LogP contribution in [0.3, 0.4) is 0 Å². The molecule has 3 rings (SSSR count). The molecule has 1 aliphatic rings. The van der Waals surface area contributed by atoms with E-state index in [9.17, 15) is 22.4 Å².